The van der Waals surface area contributed by atoms with E-state index in [1.807, 2.05) is 48.5 Å². The molecular weight excluding hydrogens is 360 g/mol. The third-order valence-electron chi connectivity index (χ3n) is 4.44. The Kier molecular flexibility index (Phi) is 8.34. The van der Waals surface area contributed by atoms with E-state index in [1.165, 1.54) is 0 Å². The van der Waals surface area contributed by atoms with Crippen LogP contribution in [0.4, 0.5) is 0 Å². The summed E-state index contributed by atoms with van der Waals surface area (Å²) in [7, 11) is 0. The van der Waals surface area contributed by atoms with Gasteiger partial charge in [0.05, 0.1) is 6.42 Å². The molecule has 27 heavy (non-hydrogen) atoms. The largest absolute Gasteiger partial charge is 0.354 e. The molecule has 0 radical (unpaired) electrons. The third-order valence-corrected chi connectivity index (χ3v) is 4.67. The summed E-state index contributed by atoms with van der Waals surface area (Å²) in [6.45, 7) is 4.81. The molecule has 2 rings (SSSR count). The lowest BCUT2D eigenvalue weighted by Crippen LogP contribution is -2.48. The van der Waals surface area contributed by atoms with E-state index < -0.39 is 6.04 Å². The number of carbonyl (C=O) groups is 2. The summed E-state index contributed by atoms with van der Waals surface area (Å²) < 4.78 is 0. The number of nitrogens with zero attached hydrogens (tertiary/aromatic N) is 1. The number of hydrogen-bond acceptors (Lipinski definition) is 2. The predicted octanol–water partition coefficient (Wildman–Crippen LogP) is 4.22. The van der Waals surface area contributed by atoms with Gasteiger partial charge in [-0.2, -0.15) is 0 Å². The Labute approximate surface area is 166 Å². The highest BCUT2D eigenvalue weighted by molar-refractivity contribution is 6.30. The molecule has 2 aromatic carbocycles. The van der Waals surface area contributed by atoms with Gasteiger partial charge in [0.15, 0.2) is 0 Å². The van der Waals surface area contributed by atoms with Crippen molar-refractivity contribution in [3.8, 4) is 0 Å². The molecule has 1 N–H and O–H groups in total. The van der Waals surface area contributed by atoms with Gasteiger partial charge in [-0.05, 0) is 36.6 Å². The minimum absolute atomic E-state index is 0.0840. The van der Waals surface area contributed by atoms with Gasteiger partial charge in [-0.15, -0.1) is 0 Å². The van der Waals surface area contributed by atoms with Crippen LogP contribution in [0.3, 0.4) is 0 Å². The molecule has 0 aliphatic heterocycles. The number of nitrogens with one attached hydrogen (secondary N) is 1. The number of amides is 2. The summed E-state index contributed by atoms with van der Waals surface area (Å²) >= 11 is 6.08. The fourth-order valence-electron chi connectivity index (χ4n) is 2.82. The first kappa shape index (κ1) is 21.0. The zero-order chi connectivity index (χ0) is 19.6. The topological polar surface area (TPSA) is 49.4 Å². The maximum atomic E-state index is 13.0. The van der Waals surface area contributed by atoms with Crippen LogP contribution in [-0.4, -0.2) is 29.3 Å². The highest BCUT2D eigenvalue weighted by Gasteiger charge is 2.26. The number of hydrogen-bond donors (Lipinski definition) is 1. The maximum absolute atomic E-state index is 13.0. The fraction of sp³-hybridized carbons (Fsp3) is 0.364. The number of carbonyl (C=O) groups excluding carboxylic acids is 2. The van der Waals surface area contributed by atoms with E-state index in [0.29, 0.717) is 18.1 Å². The second kappa shape index (κ2) is 10.7. The van der Waals surface area contributed by atoms with Crippen molar-refractivity contribution in [3.63, 3.8) is 0 Å². The van der Waals surface area contributed by atoms with Crippen molar-refractivity contribution in [2.75, 3.05) is 6.54 Å². The van der Waals surface area contributed by atoms with Gasteiger partial charge in [-0.1, -0.05) is 67.4 Å². The van der Waals surface area contributed by atoms with Crippen LogP contribution in [0.1, 0.15) is 37.8 Å². The molecule has 0 saturated heterocycles. The molecule has 0 aliphatic rings. The van der Waals surface area contributed by atoms with Crippen LogP contribution in [-0.2, 0) is 22.6 Å². The first-order chi connectivity index (χ1) is 13.0. The maximum Gasteiger partial charge on any atom is 0.242 e. The molecule has 144 valence electrons. The van der Waals surface area contributed by atoms with Gasteiger partial charge in [0.25, 0.3) is 0 Å². The van der Waals surface area contributed by atoms with Crippen LogP contribution in [0.5, 0.6) is 0 Å². The van der Waals surface area contributed by atoms with Crippen molar-refractivity contribution < 1.29 is 9.59 Å². The van der Waals surface area contributed by atoms with Crippen molar-refractivity contribution in [1.29, 1.82) is 0 Å². The van der Waals surface area contributed by atoms with Crippen molar-refractivity contribution in [2.24, 2.45) is 0 Å². The van der Waals surface area contributed by atoms with Gasteiger partial charge in [-0.25, -0.2) is 0 Å². The average Bonchev–Trinajstić information content (AvgIpc) is 2.66. The molecule has 0 aliphatic carbocycles. The van der Waals surface area contributed by atoms with Crippen LogP contribution in [0.15, 0.2) is 54.6 Å². The van der Waals surface area contributed by atoms with Gasteiger partial charge in [0.1, 0.15) is 6.04 Å². The SMILES string of the molecule is CCCCNC(=O)C(C)N(Cc1cccc(Cl)c1)C(=O)Cc1ccccc1. The minimum atomic E-state index is -0.558. The molecule has 0 saturated carbocycles. The van der Waals surface area contributed by atoms with Crippen LogP contribution >= 0.6 is 11.6 Å². The molecule has 2 aromatic rings. The summed E-state index contributed by atoms with van der Waals surface area (Å²) in [4.78, 5) is 27.2. The lowest BCUT2D eigenvalue weighted by Gasteiger charge is -2.29. The lowest BCUT2D eigenvalue weighted by molar-refractivity contribution is -0.140. The minimum Gasteiger partial charge on any atom is -0.354 e. The number of halogens is 1. The van der Waals surface area contributed by atoms with Crippen molar-refractivity contribution in [3.05, 3.63) is 70.7 Å². The zero-order valence-electron chi connectivity index (χ0n) is 16.0. The van der Waals surface area contributed by atoms with Crippen LogP contribution < -0.4 is 5.32 Å². The first-order valence-corrected chi connectivity index (χ1v) is 9.74. The molecule has 1 atom stereocenters. The van der Waals surface area contributed by atoms with Gasteiger partial charge < -0.3 is 10.2 Å². The van der Waals surface area contributed by atoms with Crippen LogP contribution in [0, 0.1) is 0 Å². The Hall–Kier alpha value is -2.33. The summed E-state index contributed by atoms with van der Waals surface area (Å²) in [6, 6.07) is 16.4. The number of benzene rings is 2. The van der Waals surface area contributed by atoms with Crippen molar-refractivity contribution >= 4 is 23.4 Å². The summed E-state index contributed by atoms with van der Waals surface area (Å²) in [5.41, 5.74) is 1.83. The van der Waals surface area contributed by atoms with Gasteiger partial charge in [-0.3, -0.25) is 9.59 Å². The standard InChI is InChI=1S/C22H27ClN2O2/c1-3-4-13-24-22(27)17(2)25(16-19-11-8-12-20(23)14-19)21(26)15-18-9-6-5-7-10-18/h5-12,14,17H,3-4,13,15-16H2,1-2H3,(H,24,27). The molecule has 5 heteroatoms. The number of unbranched alkanes of at least 4 members (excludes halogenated alkanes) is 1. The van der Waals surface area contributed by atoms with E-state index in [9.17, 15) is 9.59 Å². The monoisotopic (exact) mass is 386 g/mol. The number of rotatable bonds is 9. The van der Waals surface area contributed by atoms with E-state index in [-0.39, 0.29) is 18.2 Å². The van der Waals surface area contributed by atoms with Crippen molar-refractivity contribution in [1.82, 2.24) is 10.2 Å². The Morgan fingerprint density at radius 1 is 1.07 bits per heavy atom. The van der Waals surface area contributed by atoms with E-state index in [2.05, 4.69) is 12.2 Å². The van der Waals surface area contributed by atoms with E-state index in [4.69, 9.17) is 11.6 Å². The molecule has 0 bridgehead atoms. The van der Waals surface area contributed by atoms with E-state index in [1.54, 1.807) is 17.9 Å². The normalized spacial score (nSPS) is 11.7. The second-order valence-electron chi connectivity index (χ2n) is 6.63. The van der Waals surface area contributed by atoms with E-state index >= 15 is 0 Å². The third kappa shape index (κ3) is 6.72. The zero-order valence-corrected chi connectivity index (χ0v) is 16.7. The van der Waals surface area contributed by atoms with E-state index in [0.717, 1.165) is 24.0 Å². The smallest absolute Gasteiger partial charge is 0.242 e. The van der Waals surface area contributed by atoms with Gasteiger partial charge in [0, 0.05) is 18.1 Å². The quantitative estimate of drug-likeness (QED) is 0.656. The second-order valence-corrected chi connectivity index (χ2v) is 7.07. The molecule has 4 nitrogen and oxygen atoms in total. The Morgan fingerprint density at radius 3 is 2.44 bits per heavy atom. The van der Waals surface area contributed by atoms with Crippen LogP contribution in [0.25, 0.3) is 0 Å². The first-order valence-electron chi connectivity index (χ1n) is 9.36. The predicted molar refractivity (Wildman–Crippen MR) is 110 cm³/mol. The average molecular weight is 387 g/mol. The lowest BCUT2D eigenvalue weighted by atomic mass is 10.1. The Morgan fingerprint density at radius 2 is 1.78 bits per heavy atom. The van der Waals surface area contributed by atoms with Crippen molar-refractivity contribution in [2.45, 2.75) is 45.7 Å². The van der Waals surface area contributed by atoms with Gasteiger partial charge in [0.2, 0.25) is 11.8 Å². The Bertz CT molecular complexity index is 749. The Balaban J connectivity index is 2.16. The van der Waals surface area contributed by atoms with Gasteiger partial charge >= 0.3 is 0 Å². The summed E-state index contributed by atoms with van der Waals surface area (Å²) in [5.74, 6) is -0.216. The molecule has 0 fully saturated rings. The fourth-order valence-corrected chi connectivity index (χ4v) is 3.04. The highest BCUT2D eigenvalue weighted by atomic mass is 35.5. The summed E-state index contributed by atoms with van der Waals surface area (Å²) in [6.07, 6.45) is 2.19. The highest BCUT2D eigenvalue weighted by Crippen LogP contribution is 2.16. The molecular formula is C22H27ClN2O2. The molecule has 2 amide bonds. The van der Waals surface area contributed by atoms with Crippen LogP contribution in [0.2, 0.25) is 5.02 Å². The molecule has 0 aromatic heterocycles. The molecule has 1 unspecified atom stereocenters. The summed E-state index contributed by atoms with van der Waals surface area (Å²) in [5, 5.41) is 3.53. The molecule has 0 spiro atoms. The molecule has 0 heterocycles.